The van der Waals surface area contributed by atoms with E-state index >= 15 is 0 Å². The monoisotopic (exact) mass is 265 g/mol. The third kappa shape index (κ3) is 2.43. The lowest BCUT2D eigenvalue weighted by atomic mass is 10.1. The standard InChI is InChI=1S/C13H16BrN/c1-2-3-4-5-10-9-15-13-7-6-11(14)8-12(10)13/h6-9,15H,2-5H2,1H3. The zero-order chi connectivity index (χ0) is 10.7. The second-order valence-electron chi connectivity index (χ2n) is 3.96. The van der Waals surface area contributed by atoms with Crippen LogP contribution in [0.2, 0.25) is 0 Å². The summed E-state index contributed by atoms with van der Waals surface area (Å²) in [5, 5.41) is 1.36. The fourth-order valence-electron chi connectivity index (χ4n) is 1.92. The highest BCUT2D eigenvalue weighted by Gasteiger charge is 2.03. The smallest absolute Gasteiger partial charge is 0.0457 e. The molecule has 1 aromatic carbocycles. The van der Waals surface area contributed by atoms with Gasteiger partial charge in [-0.2, -0.15) is 0 Å². The van der Waals surface area contributed by atoms with Gasteiger partial charge in [-0.3, -0.25) is 0 Å². The minimum atomic E-state index is 1.16. The Balaban J connectivity index is 2.23. The molecule has 80 valence electrons. The summed E-state index contributed by atoms with van der Waals surface area (Å²) in [4.78, 5) is 3.32. The molecule has 0 unspecified atom stereocenters. The van der Waals surface area contributed by atoms with Gasteiger partial charge in [0.05, 0.1) is 0 Å². The average Bonchev–Trinajstić information content (AvgIpc) is 2.62. The van der Waals surface area contributed by atoms with E-state index in [2.05, 4.69) is 52.2 Å². The van der Waals surface area contributed by atoms with Crippen LogP contribution >= 0.6 is 15.9 Å². The number of halogens is 1. The Bertz CT molecular complexity index is 445. The minimum Gasteiger partial charge on any atom is -0.361 e. The van der Waals surface area contributed by atoms with Crippen LogP contribution in [-0.4, -0.2) is 4.98 Å². The molecule has 0 aliphatic rings. The van der Waals surface area contributed by atoms with Gasteiger partial charge in [0.25, 0.3) is 0 Å². The number of unbranched alkanes of at least 4 members (excludes halogenated alkanes) is 2. The van der Waals surface area contributed by atoms with Gasteiger partial charge in [0.1, 0.15) is 0 Å². The van der Waals surface area contributed by atoms with Crippen molar-refractivity contribution in [3.63, 3.8) is 0 Å². The molecule has 0 atom stereocenters. The molecule has 0 aliphatic carbocycles. The van der Waals surface area contributed by atoms with E-state index in [0.29, 0.717) is 0 Å². The maximum absolute atomic E-state index is 3.52. The second-order valence-corrected chi connectivity index (χ2v) is 4.88. The number of aromatic nitrogens is 1. The zero-order valence-corrected chi connectivity index (χ0v) is 10.6. The molecular formula is C13H16BrN. The van der Waals surface area contributed by atoms with E-state index in [0.717, 1.165) is 4.47 Å². The Labute approximate surface area is 99.0 Å². The molecule has 1 aromatic heterocycles. The first-order valence-electron chi connectivity index (χ1n) is 5.57. The molecule has 1 heterocycles. The van der Waals surface area contributed by atoms with E-state index in [-0.39, 0.29) is 0 Å². The van der Waals surface area contributed by atoms with Crippen molar-refractivity contribution in [1.29, 1.82) is 0 Å². The number of benzene rings is 1. The molecule has 0 spiro atoms. The first kappa shape index (κ1) is 10.7. The lowest BCUT2D eigenvalue weighted by molar-refractivity contribution is 0.719. The largest absolute Gasteiger partial charge is 0.361 e. The van der Waals surface area contributed by atoms with Crippen molar-refractivity contribution in [3.05, 3.63) is 34.4 Å². The van der Waals surface area contributed by atoms with E-state index in [1.165, 1.54) is 42.1 Å². The van der Waals surface area contributed by atoms with Crippen LogP contribution in [0.1, 0.15) is 31.7 Å². The molecule has 0 fully saturated rings. The Kier molecular flexibility index (Phi) is 3.47. The number of fused-ring (bicyclic) bond motifs is 1. The van der Waals surface area contributed by atoms with E-state index in [1.807, 2.05) is 0 Å². The summed E-state index contributed by atoms with van der Waals surface area (Å²) in [5.74, 6) is 0. The summed E-state index contributed by atoms with van der Waals surface area (Å²) < 4.78 is 1.16. The molecule has 2 heteroatoms. The predicted octanol–water partition coefficient (Wildman–Crippen LogP) is 4.66. The van der Waals surface area contributed by atoms with Crippen molar-refractivity contribution in [2.24, 2.45) is 0 Å². The van der Waals surface area contributed by atoms with Gasteiger partial charge in [0.15, 0.2) is 0 Å². The molecule has 0 bridgehead atoms. The van der Waals surface area contributed by atoms with Crippen LogP contribution in [0.5, 0.6) is 0 Å². The predicted molar refractivity (Wildman–Crippen MR) is 69.2 cm³/mol. The molecule has 2 aromatic rings. The first-order chi connectivity index (χ1) is 7.31. The summed E-state index contributed by atoms with van der Waals surface area (Å²) in [6.45, 7) is 2.24. The first-order valence-corrected chi connectivity index (χ1v) is 6.36. The Morgan fingerprint density at radius 3 is 2.93 bits per heavy atom. The molecular weight excluding hydrogens is 250 g/mol. The fraction of sp³-hybridized carbons (Fsp3) is 0.385. The summed E-state index contributed by atoms with van der Waals surface area (Å²) in [6.07, 6.45) is 7.22. The van der Waals surface area contributed by atoms with Gasteiger partial charge in [0.2, 0.25) is 0 Å². The average molecular weight is 266 g/mol. The number of aryl methyl sites for hydroxylation is 1. The van der Waals surface area contributed by atoms with Gasteiger partial charge in [0, 0.05) is 21.6 Å². The Morgan fingerprint density at radius 1 is 1.27 bits per heavy atom. The van der Waals surface area contributed by atoms with Crippen molar-refractivity contribution < 1.29 is 0 Å². The van der Waals surface area contributed by atoms with Crippen LogP contribution in [0.4, 0.5) is 0 Å². The molecule has 0 radical (unpaired) electrons. The number of hydrogen-bond acceptors (Lipinski definition) is 0. The zero-order valence-electron chi connectivity index (χ0n) is 9.02. The highest BCUT2D eigenvalue weighted by molar-refractivity contribution is 9.10. The Hall–Kier alpha value is -0.760. The molecule has 2 rings (SSSR count). The van der Waals surface area contributed by atoms with Crippen LogP contribution in [0.25, 0.3) is 10.9 Å². The van der Waals surface area contributed by atoms with Crippen LogP contribution in [0.3, 0.4) is 0 Å². The highest BCUT2D eigenvalue weighted by atomic mass is 79.9. The second kappa shape index (κ2) is 4.84. The van der Waals surface area contributed by atoms with Gasteiger partial charge in [-0.25, -0.2) is 0 Å². The van der Waals surface area contributed by atoms with Crippen LogP contribution in [-0.2, 0) is 6.42 Å². The van der Waals surface area contributed by atoms with Gasteiger partial charge in [-0.05, 0) is 36.6 Å². The number of aromatic amines is 1. The van der Waals surface area contributed by atoms with Gasteiger partial charge < -0.3 is 4.98 Å². The number of rotatable bonds is 4. The lowest BCUT2D eigenvalue weighted by Gasteiger charge is -1.98. The number of H-pyrrole nitrogens is 1. The van der Waals surface area contributed by atoms with E-state index in [4.69, 9.17) is 0 Å². The van der Waals surface area contributed by atoms with Crippen molar-refractivity contribution >= 4 is 26.8 Å². The fourth-order valence-corrected chi connectivity index (χ4v) is 2.28. The molecule has 0 saturated heterocycles. The van der Waals surface area contributed by atoms with Gasteiger partial charge in [-0.15, -0.1) is 0 Å². The van der Waals surface area contributed by atoms with E-state index in [9.17, 15) is 0 Å². The van der Waals surface area contributed by atoms with Crippen molar-refractivity contribution in [3.8, 4) is 0 Å². The molecule has 0 saturated carbocycles. The number of hydrogen-bond donors (Lipinski definition) is 1. The number of nitrogens with one attached hydrogen (secondary N) is 1. The molecule has 1 nitrogen and oxygen atoms in total. The summed E-state index contributed by atoms with van der Waals surface area (Å²) >= 11 is 3.52. The maximum atomic E-state index is 3.52. The summed E-state index contributed by atoms with van der Waals surface area (Å²) in [7, 11) is 0. The maximum Gasteiger partial charge on any atom is 0.0457 e. The molecule has 15 heavy (non-hydrogen) atoms. The van der Waals surface area contributed by atoms with Gasteiger partial charge in [-0.1, -0.05) is 35.7 Å². The van der Waals surface area contributed by atoms with Crippen molar-refractivity contribution in [2.45, 2.75) is 32.6 Å². The van der Waals surface area contributed by atoms with Crippen molar-refractivity contribution in [1.82, 2.24) is 4.98 Å². The quantitative estimate of drug-likeness (QED) is 0.774. The van der Waals surface area contributed by atoms with Crippen molar-refractivity contribution in [2.75, 3.05) is 0 Å². The normalized spacial score (nSPS) is 11.1. The summed E-state index contributed by atoms with van der Waals surface area (Å²) in [5.41, 5.74) is 2.68. The third-order valence-electron chi connectivity index (χ3n) is 2.78. The highest BCUT2D eigenvalue weighted by Crippen LogP contribution is 2.23. The molecule has 1 N–H and O–H groups in total. The van der Waals surface area contributed by atoms with Crippen LogP contribution in [0.15, 0.2) is 28.9 Å². The molecule has 0 amide bonds. The Morgan fingerprint density at radius 2 is 2.13 bits per heavy atom. The topological polar surface area (TPSA) is 15.8 Å². The van der Waals surface area contributed by atoms with Crippen LogP contribution in [0, 0.1) is 0 Å². The van der Waals surface area contributed by atoms with Crippen LogP contribution < -0.4 is 0 Å². The minimum absolute atomic E-state index is 1.16. The SMILES string of the molecule is CCCCCc1c[nH]c2ccc(Br)cc12. The van der Waals surface area contributed by atoms with Gasteiger partial charge >= 0.3 is 0 Å². The van der Waals surface area contributed by atoms with E-state index < -0.39 is 0 Å². The molecule has 0 aliphatic heterocycles. The third-order valence-corrected chi connectivity index (χ3v) is 3.27. The lowest BCUT2D eigenvalue weighted by Crippen LogP contribution is -1.82. The summed E-state index contributed by atoms with van der Waals surface area (Å²) in [6, 6.07) is 6.41. The van der Waals surface area contributed by atoms with E-state index in [1.54, 1.807) is 0 Å².